The van der Waals surface area contributed by atoms with Gasteiger partial charge < -0.3 is 10.1 Å². The number of benzene rings is 1. The lowest BCUT2D eigenvalue weighted by Gasteiger charge is -2.25. The van der Waals surface area contributed by atoms with Crippen LogP contribution in [0.3, 0.4) is 0 Å². The number of anilines is 2. The number of carbonyl (C=O) groups excluding carboxylic acids is 1. The molecule has 2 N–H and O–H groups in total. The molecule has 0 bridgehead atoms. The zero-order valence-electron chi connectivity index (χ0n) is 12.9. The largest absolute Gasteiger partial charge is 0.444 e. The molecular formula is C16H24N2O2S. The molecule has 0 radical (unpaired) electrons. The predicted molar refractivity (Wildman–Crippen MR) is 90.3 cm³/mol. The Morgan fingerprint density at radius 2 is 1.81 bits per heavy atom. The summed E-state index contributed by atoms with van der Waals surface area (Å²) in [6.45, 7) is 5.57. The summed E-state index contributed by atoms with van der Waals surface area (Å²) in [5.41, 5.74) is 1.23. The Bertz CT molecular complexity index is 479. The summed E-state index contributed by atoms with van der Waals surface area (Å²) >= 11 is 2.00. The van der Waals surface area contributed by atoms with Gasteiger partial charge in [0, 0.05) is 6.04 Å². The van der Waals surface area contributed by atoms with Crippen LogP contribution in [0.15, 0.2) is 24.3 Å². The van der Waals surface area contributed by atoms with Crippen LogP contribution >= 0.6 is 11.8 Å². The van der Waals surface area contributed by atoms with Crippen LogP contribution in [0.5, 0.6) is 0 Å². The molecule has 5 heteroatoms. The van der Waals surface area contributed by atoms with Gasteiger partial charge in [0.15, 0.2) is 0 Å². The number of thioether (sulfide) groups is 1. The molecule has 21 heavy (non-hydrogen) atoms. The minimum Gasteiger partial charge on any atom is -0.444 e. The van der Waals surface area contributed by atoms with E-state index in [1.54, 1.807) is 0 Å². The third-order valence-corrected chi connectivity index (χ3v) is 4.19. The Kier molecular flexibility index (Phi) is 5.39. The van der Waals surface area contributed by atoms with Crippen molar-refractivity contribution in [3.8, 4) is 0 Å². The summed E-state index contributed by atoms with van der Waals surface area (Å²) in [4.78, 5) is 11.9. The van der Waals surface area contributed by atoms with Gasteiger partial charge in [-0.25, -0.2) is 4.79 Å². The molecule has 0 atom stereocenters. The van der Waals surface area contributed by atoms with Gasteiger partial charge in [-0.1, -0.05) is 12.1 Å². The van der Waals surface area contributed by atoms with Gasteiger partial charge >= 0.3 is 6.09 Å². The minimum atomic E-state index is -0.493. The normalized spacial score (nSPS) is 16.3. The molecule has 1 aliphatic rings. The molecule has 2 rings (SSSR count). The van der Waals surface area contributed by atoms with E-state index in [2.05, 4.69) is 10.6 Å². The van der Waals surface area contributed by atoms with E-state index in [0.717, 1.165) is 24.2 Å². The van der Waals surface area contributed by atoms with Crippen LogP contribution in [0.2, 0.25) is 0 Å². The van der Waals surface area contributed by atoms with Crippen molar-refractivity contribution < 1.29 is 9.53 Å². The van der Waals surface area contributed by atoms with Gasteiger partial charge in [-0.15, -0.1) is 0 Å². The highest BCUT2D eigenvalue weighted by Gasteiger charge is 2.18. The topological polar surface area (TPSA) is 50.4 Å². The molecule has 1 heterocycles. The van der Waals surface area contributed by atoms with E-state index in [4.69, 9.17) is 4.74 Å². The smallest absolute Gasteiger partial charge is 0.412 e. The van der Waals surface area contributed by atoms with Gasteiger partial charge in [-0.2, -0.15) is 11.8 Å². The number of para-hydroxylation sites is 2. The summed E-state index contributed by atoms with van der Waals surface area (Å²) < 4.78 is 5.31. The summed E-state index contributed by atoms with van der Waals surface area (Å²) in [6.07, 6.45) is 1.90. The highest BCUT2D eigenvalue weighted by Crippen LogP contribution is 2.26. The molecule has 1 aliphatic heterocycles. The average molecular weight is 308 g/mol. The van der Waals surface area contributed by atoms with E-state index < -0.39 is 11.7 Å². The lowest BCUT2D eigenvalue weighted by Crippen LogP contribution is -2.28. The third-order valence-electron chi connectivity index (χ3n) is 3.14. The number of nitrogens with one attached hydrogen (secondary N) is 2. The summed E-state index contributed by atoms with van der Waals surface area (Å²) in [5.74, 6) is 2.39. The Balaban J connectivity index is 2.00. The lowest BCUT2D eigenvalue weighted by molar-refractivity contribution is 0.0636. The maximum atomic E-state index is 11.9. The van der Waals surface area contributed by atoms with Gasteiger partial charge in [0.1, 0.15) is 5.60 Å². The van der Waals surface area contributed by atoms with Crippen molar-refractivity contribution in [2.24, 2.45) is 0 Å². The first-order valence-electron chi connectivity index (χ1n) is 7.37. The van der Waals surface area contributed by atoms with E-state index in [0.29, 0.717) is 6.04 Å². The van der Waals surface area contributed by atoms with Crippen molar-refractivity contribution in [2.75, 3.05) is 22.1 Å². The van der Waals surface area contributed by atoms with Gasteiger partial charge in [0.05, 0.1) is 11.4 Å². The zero-order valence-corrected chi connectivity index (χ0v) is 13.8. The second kappa shape index (κ2) is 7.07. The van der Waals surface area contributed by atoms with E-state index in [1.807, 2.05) is 56.8 Å². The first-order valence-corrected chi connectivity index (χ1v) is 8.53. The van der Waals surface area contributed by atoms with Gasteiger partial charge in [-0.05, 0) is 57.3 Å². The molecule has 116 valence electrons. The zero-order chi connectivity index (χ0) is 15.3. The van der Waals surface area contributed by atoms with E-state index in [1.165, 1.54) is 11.5 Å². The second-order valence-electron chi connectivity index (χ2n) is 6.20. The van der Waals surface area contributed by atoms with Crippen molar-refractivity contribution in [1.82, 2.24) is 0 Å². The van der Waals surface area contributed by atoms with Crippen LogP contribution in [0, 0.1) is 0 Å². The van der Waals surface area contributed by atoms with Crippen LogP contribution in [0.4, 0.5) is 16.2 Å². The average Bonchev–Trinajstić information content (AvgIpc) is 2.40. The Morgan fingerprint density at radius 3 is 2.43 bits per heavy atom. The van der Waals surface area contributed by atoms with Crippen molar-refractivity contribution in [1.29, 1.82) is 0 Å². The molecule has 1 amide bonds. The Morgan fingerprint density at radius 1 is 1.19 bits per heavy atom. The molecule has 1 saturated heterocycles. The Hall–Kier alpha value is -1.36. The molecule has 4 nitrogen and oxygen atoms in total. The van der Waals surface area contributed by atoms with Gasteiger partial charge in [0.25, 0.3) is 0 Å². The number of rotatable bonds is 3. The molecular weight excluding hydrogens is 284 g/mol. The molecule has 1 aromatic carbocycles. The van der Waals surface area contributed by atoms with Crippen LogP contribution in [-0.4, -0.2) is 29.2 Å². The molecule has 0 saturated carbocycles. The summed E-state index contributed by atoms with van der Waals surface area (Å²) in [7, 11) is 0. The van der Waals surface area contributed by atoms with Crippen LogP contribution in [0.1, 0.15) is 33.6 Å². The maximum absolute atomic E-state index is 11.9. The van der Waals surface area contributed by atoms with E-state index >= 15 is 0 Å². The molecule has 1 fully saturated rings. The maximum Gasteiger partial charge on any atom is 0.412 e. The quantitative estimate of drug-likeness (QED) is 0.872. The molecule has 0 aromatic heterocycles. The highest BCUT2D eigenvalue weighted by molar-refractivity contribution is 7.99. The molecule has 0 aliphatic carbocycles. The second-order valence-corrected chi connectivity index (χ2v) is 7.43. The molecule has 0 unspecified atom stereocenters. The fourth-order valence-electron chi connectivity index (χ4n) is 2.19. The van der Waals surface area contributed by atoms with E-state index in [9.17, 15) is 4.79 Å². The molecule has 0 spiro atoms. The number of ether oxygens (including phenoxy) is 1. The Labute approximate surface area is 131 Å². The van der Waals surface area contributed by atoms with Crippen LogP contribution in [0.25, 0.3) is 0 Å². The summed E-state index contributed by atoms with van der Waals surface area (Å²) in [5, 5.41) is 6.36. The van der Waals surface area contributed by atoms with Crippen molar-refractivity contribution in [2.45, 2.75) is 45.3 Å². The number of amides is 1. The first kappa shape index (κ1) is 16.0. The lowest BCUT2D eigenvalue weighted by atomic mass is 10.1. The fourth-order valence-corrected chi connectivity index (χ4v) is 3.30. The van der Waals surface area contributed by atoms with Crippen molar-refractivity contribution >= 4 is 29.2 Å². The van der Waals surface area contributed by atoms with Crippen molar-refractivity contribution in [3.05, 3.63) is 24.3 Å². The molecule has 1 aromatic rings. The number of hydrogen-bond donors (Lipinski definition) is 2. The van der Waals surface area contributed by atoms with E-state index in [-0.39, 0.29) is 0 Å². The number of hydrogen-bond acceptors (Lipinski definition) is 4. The third kappa shape index (κ3) is 5.50. The predicted octanol–water partition coefficient (Wildman–Crippen LogP) is 4.34. The van der Waals surface area contributed by atoms with Crippen molar-refractivity contribution in [3.63, 3.8) is 0 Å². The monoisotopic (exact) mass is 308 g/mol. The van der Waals surface area contributed by atoms with Crippen LogP contribution in [-0.2, 0) is 4.74 Å². The SMILES string of the molecule is CC(C)(C)OC(=O)Nc1ccccc1NC1CCSCC1. The summed E-state index contributed by atoms with van der Waals surface area (Å²) in [6, 6.07) is 8.25. The van der Waals surface area contributed by atoms with Gasteiger partial charge in [-0.3, -0.25) is 5.32 Å². The first-order chi connectivity index (χ1) is 9.94. The minimum absolute atomic E-state index is 0.420. The standard InChI is InChI=1S/C16H24N2O2S/c1-16(2,3)20-15(19)18-14-7-5-4-6-13(14)17-12-8-10-21-11-9-12/h4-7,12,17H,8-11H2,1-3H3,(H,18,19). The highest BCUT2D eigenvalue weighted by atomic mass is 32.2. The van der Waals surface area contributed by atoms with Gasteiger partial charge in [0.2, 0.25) is 0 Å². The fraction of sp³-hybridized carbons (Fsp3) is 0.562. The van der Waals surface area contributed by atoms with Crippen LogP contribution < -0.4 is 10.6 Å². The number of carbonyl (C=O) groups is 1.